The second-order valence-electron chi connectivity index (χ2n) is 10.8. The fraction of sp³-hybridized carbons (Fsp3) is 0.367. The predicted molar refractivity (Wildman–Crippen MR) is 150 cm³/mol. The Labute approximate surface area is 228 Å². The zero-order valence-corrected chi connectivity index (χ0v) is 22.8. The molecule has 39 heavy (non-hydrogen) atoms. The molecule has 1 atom stereocenters. The largest absolute Gasteiger partial charge is 0.493 e. The molecule has 0 saturated heterocycles. The van der Waals surface area contributed by atoms with Crippen molar-refractivity contribution < 1.29 is 19.1 Å². The molecule has 3 aromatic rings. The number of rotatable bonds is 8. The van der Waals surface area contributed by atoms with E-state index < -0.39 is 6.04 Å². The van der Waals surface area contributed by atoms with E-state index in [1.165, 1.54) is 0 Å². The Morgan fingerprint density at radius 1 is 1.13 bits per heavy atom. The molecular weight excluding hydrogens is 494 g/mol. The summed E-state index contributed by atoms with van der Waals surface area (Å²) < 4.78 is 11.1. The minimum Gasteiger partial charge on any atom is -0.493 e. The van der Waals surface area contributed by atoms with Crippen LogP contribution in [0.4, 0.5) is 11.4 Å². The molecule has 9 heteroatoms. The number of carbonyl (C=O) groups is 2. The van der Waals surface area contributed by atoms with Crippen LogP contribution < -0.4 is 25.0 Å². The van der Waals surface area contributed by atoms with Crippen molar-refractivity contribution in [3.63, 3.8) is 0 Å². The number of allylic oxidation sites excluding steroid dienone is 1. The standard InChI is InChI=1S/C30H35N5O4/c1-30(2)14-22-28(24(36)15-30)29(19-9-10-25(38-3)26(13-19)39-4)35(23-8-6-5-7-21(23)34-22)17-27(37)32-12-11-20-16-31-18-33-20/h5-10,13,16,18,29,34H,11-12,14-15,17H2,1-4H3,(H,31,33)(H,32,37). The summed E-state index contributed by atoms with van der Waals surface area (Å²) in [5.74, 6) is 1.10. The lowest BCUT2D eigenvalue weighted by atomic mass is 9.73. The third kappa shape index (κ3) is 5.48. The van der Waals surface area contributed by atoms with Crippen molar-refractivity contribution in [3.05, 3.63) is 77.5 Å². The number of benzene rings is 2. The number of anilines is 2. The average molecular weight is 530 g/mol. The van der Waals surface area contributed by atoms with Gasteiger partial charge in [-0.3, -0.25) is 9.59 Å². The number of fused-ring (bicyclic) bond motifs is 1. The number of hydrogen-bond acceptors (Lipinski definition) is 7. The number of nitrogens with zero attached hydrogens (tertiary/aromatic N) is 2. The molecule has 2 aromatic carbocycles. The van der Waals surface area contributed by atoms with Crippen molar-refractivity contribution in [3.8, 4) is 11.5 Å². The van der Waals surface area contributed by atoms with Gasteiger partial charge in [-0.1, -0.05) is 32.0 Å². The van der Waals surface area contributed by atoms with Gasteiger partial charge in [-0.15, -0.1) is 0 Å². The molecule has 1 unspecified atom stereocenters. The molecule has 0 bridgehead atoms. The molecule has 204 valence electrons. The van der Waals surface area contributed by atoms with Crippen LogP contribution >= 0.6 is 0 Å². The molecule has 0 fully saturated rings. The molecule has 1 aliphatic heterocycles. The van der Waals surface area contributed by atoms with Gasteiger partial charge in [0.15, 0.2) is 17.3 Å². The number of ketones is 1. The summed E-state index contributed by atoms with van der Waals surface area (Å²) in [6.45, 7) is 4.76. The first-order valence-electron chi connectivity index (χ1n) is 13.1. The molecule has 3 N–H and O–H groups in total. The van der Waals surface area contributed by atoms with Gasteiger partial charge in [0.2, 0.25) is 5.91 Å². The first-order valence-corrected chi connectivity index (χ1v) is 13.1. The fourth-order valence-corrected chi connectivity index (χ4v) is 5.57. The minimum atomic E-state index is -0.502. The Bertz CT molecular complexity index is 1400. The maximum absolute atomic E-state index is 13.9. The summed E-state index contributed by atoms with van der Waals surface area (Å²) in [5.41, 5.74) is 4.91. The first-order chi connectivity index (χ1) is 18.8. The van der Waals surface area contributed by atoms with Gasteiger partial charge in [-0.2, -0.15) is 0 Å². The number of amides is 1. The SMILES string of the molecule is COc1ccc(C2C3=C(CC(C)(C)CC3=O)Nc3ccccc3N2CC(=O)NCCc2cnc[nH]2)cc1OC. The third-order valence-electron chi connectivity index (χ3n) is 7.31. The number of carbonyl (C=O) groups excluding carboxylic acids is 2. The predicted octanol–water partition coefficient (Wildman–Crippen LogP) is 4.40. The molecule has 1 amide bonds. The van der Waals surface area contributed by atoms with Gasteiger partial charge < -0.3 is 30.0 Å². The molecule has 0 saturated carbocycles. The molecule has 2 heterocycles. The lowest BCUT2D eigenvalue weighted by Crippen LogP contribution is -2.42. The summed E-state index contributed by atoms with van der Waals surface area (Å²) in [6.07, 6.45) is 5.17. The molecule has 1 aromatic heterocycles. The number of Topliss-reactive ketones (excluding diaryl/α,β-unsaturated/α-hetero) is 1. The monoisotopic (exact) mass is 529 g/mol. The number of hydrogen-bond donors (Lipinski definition) is 3. The average Bonchev–Trinajstić information content (AvgIpc) is 3.38. The van der Waals surface area contributed by atoms with E-state index in [4.69, 9.17) is 9.47 Å². The number of para-hydroxylation sites is 2. The van der Waals surface area contributed by atoms with E-state index in [2.05, 4.69) is 34.4 Å². The van der Waals surface area contributed by atoms with Crippen LogP contribution in [0, 0.1) is 5.41 Å². The van der Waals surface area contributed by atoms with Crippen LogP contribution in [0.15, 0.2) is 66.3 Å². The lowest BCUT2D eigenvalue weighted by molar-refractivity contribution is -0.120. The number of methoxy groups -OCH3 is 2. The highest BCUT2D eigenvalue weighted by Crippen LogP contribution is 2.48. The highest BCUT2D eigenvalue weighted by molar-refractivity contribution is 6.02. The number of H-pyrrole nitrogens is 1. The maximum Gasteiger partial charge on any atom is 0.239 e. The van der Waals surface area contributed by atoms with Gasteiger partial charge in [-0.25, -0.2) is 4.98 Å². The molecule has 5 rings (SSSR count). The summed E-state index contributed by atoms with van der Waals surface area (Å²) in [4.78, 5) is 36.3. The van der Waals surface area contributed by atoms with E-state index in [0.717, 1.165) is 34.8 Å². The highest BCUT2D eigenvalue weighted by Gasteiger charge is 2.42. The molecule has 9 nitrogen and oxygen atoms in total. The van der Waals surface area contributed by atoms with E-state index in [-0.39, 0.29) is 23.7 Å². The zero-order chi connectivity index (χ0) is 27.6. The topological polar surface area (TPSA) is 109 Å². The lowest BCUT2D eigenvalue weighted by Gasteiger charge is -2.38. The van der Waals surface area contributed by atoms with Gasteiger partial charge >= 0.3 is 0 Å². The van der Waals surface area contributed by atoms with Crippen LogP contribution in [0.5, 0.6) is 11.5 Å². The van der Waals surface area contributed by atoms with Gasteiger partial charge in [0.1, 0.15) is 0 Å². The number of ether oxygens (including phenoxy) is 2. The number of aromatic nitrogens is 2. The van der Waals surface area contributed by atoms with Crippen LogP contribution in [0.3, 0.4) is 0 Å². The van der Waals surface area contributed by atoms with E-state index in [0.29, 0.717) is 36.5 Å². The third-order valence-corrected chi connectivity index (χ3v) is 7.31. The smallest absolute Gasteiger partial charge is 0.239 e. The Hall–Kier alpha value is -4.27. The van der Waals surface area contributed by atoms with Crippen molar-refractivity contribution in [2.75, 3.05) is 37.5 Å². The second-order valence-corrected chi connectivity index (χ2v) is 10.8. The summed E-state index contributed by atoms with van der Waals surface area (Å²) in [5, 5.41) is 6.62. The van der Waals surface area contributed by atoms with Crippen molar-refractivity contribution in [1.29, 1.82) is 0 Å². The van der Waals surface area contributed by atoms with E-state index in [9.17, 15) is 9.59 Å². The molecular formula is C30H35N5O4. The van der Waals surface area contributed by atoms with Crippen LogP contribution in [-0.4, -0.2) is 49.0 Å². The number of imidazole rings is 1. The van der Waals surface area contributed by atoms with Crippen molar-refractivity contribution in [1.82, 2.24) is 15.3 Å². The van der Waals surface area contributed by atoms with Crippen molar-refractivity contribution >= 4 is 23.1 Å². The van der Waals surface area contributed by atoms with E-state index in [1.807, 2.05) is 47.4 Å². The van der Waals surface area contributed by atoms with Gasteiger partial charge in [0.05, 0.1) is 44.5 Å². The normalized spacial score (nSPS) is 18.0. The molecule has 2 aliphatic rings. The van der Waals surface area contributed by atoms with E-state index >= 15 is 0 Å². The van der Waals surface area contributed by atoms with E-state index in [1.54, 1.807) is 26.7 Å². The van der Waals surface area contributed by atoms with Crippen LogP contribution in [-0.2, 0) is 16.0 Å². The second kappa shape index (κ2) is 10.8. The van der Waals surface area contributed by atoms with Crippen LogP contribution in [0.1, 0.15) is 44.0 Å². The quantitative estimate of drug-likeness (QED) is 0.397. The van der Waals surface area contributed by atoms with Crippen molar-refractivity contribution in [2.24, 2.45) is 5.41 Å². The van der Waals surface area contributed by atoms with Gasteiger partial charge in [0.25, 0.3) is 0 Å². The van der Waals surface area contributed by atoms with Crippen LogP contribution in [0.25, 0.3) is 0 Å². The first kappa shape index (κ1) is 26.3. The Balaban J connectivity index is 1.58. The fourth-order valence-electron chi connectivity index (χ4n) is 5.57. The number of aromatic amines is 1. The van der Waals surface area contributed by atoms with Crippen molar-refractivity contribution in [2.45, 2.75) is 39.2 Å². The van der Waals surface area contributed by atoms with Gasteiger partial charge in [0, 0.05) is 42.5 Å². The minimum absolute atomic E-state index is 0.0636. The summed E-state index contributed by atoms with van der Waals surface area (Å²) in [6, 6.07) is 13.1. The summed E-state index contributed by atoms with van der Waals surface area (Å²) in [7, 11) is 3.19. The Morgan fingerprint density at radius 3 is 2.67 bits per heavy atom. The summed E-state index contributed by atoms with van der Waals surface area (Å²) >= 11 is 0. The molecule has 0 radical (unpaired) electrons. The zero-order valence-electron chi connectivity index (χ0n) is 22.8. The maximum atomic E-state index is 13.9. The van der Waals surface area contributed by atoms with Crippen LogP contribution in [0.2, 0.25) is 0 Å². The Morgan fingerprint density at radius 2 is 1.92 bits per heavy atom. The van der Waals surface area contributed by atoms with Gasteiger partial charge in [-0.05, 0) is 41.7 Å². The highest BCUT2D eigenvalue weighted by atomic mass is 16.5. The Kier molecular flexibility index (Phi) is 7.32. The molecule has 0 spiro atoms. The number of nitrogens with one attached hydrogen (secondary N) is 3. The molecule has 1 aliphatic carbocycles.